The number of rotatable bonds is 1. The molecule has 0 saturated carbocycles. The van der Waals surface area contributed by atoms with Crippen LogP contribution in [0.1, 0.15) is 43.4 Å². The second kappa shape index (κ2) is 10.1. The second-order valence-corrected chi connectivity index (χ2v) is 9.41. The number of hydrogen-bond acceptors (Lipinski definition) is 5. The number of aryl methyl sites for hydroxylation is 2. The van der Waals surface area contributed by atoms with Gasteiger partial charge in [-0.25, -0.2) is 9.97 Å². The molecule has 2 bridgehead atoms. The van der Waals surface area contributed by atoms with Crippen molar-refractivity contribution in [3.8, 4) is 0 Å². The van der Waals surface area contributed by atoms with Gasteiger partial charge >= 0.3 is 0 Å². The van der Waals surface area contributed by atoms with Crippen LogP contribution in [0, 0.1) is 12.8 Å². The van der Waals surface area contributed by atoms with Gasteiger partial charge in [0.15, 0.2) is 0 Å². The maximum absolute atomic E-state index is 4.60. The second-order valence-electron chi connectivity index (χ2n) is 9.41. The molecule has 3 aromatic rings. The average Bonchev–Trinajstić information content (AvgIpc) is 2.78. The van der Waals surface area contributed by atoms with Crippen LogP contribution in [0.3, 0.4) is 0 Å². The Hall–Kier alpha value is -3.34. The Labute approximate surface area is 197 Å². The lowest BCUT2D eigenvalue weighted by atomic mass is 9.99. The summed E-state index contributed by atoms with van der Waals surface area (Å²) in [4.78, 5) is 9.08. The molecule has 1 aromatic heterocycles. The predicted octanol–water partition coefficient (Wildman–Crippen LogP) is 5.79. The lowest BCUT2D eigenvalue weighted by Crippen LogP contribution is -2.40. The molecule has 0 amide bonds. The van der Waals surface area contributed by atoms with Crippen LogP contribution in [0.5, 0.6) is 0 Å². The molecule has 1 aliphatic heterocycles. The van der Waals surface area contributed by atoms with E-state index in [2.05, 4.69) is 96.2 Å². The maximum Gasteiger partial charge on any atom is 0.141 e. The van der Waals surface area contributed by atoms with Crippen molar-refractivity contribution in [3.05, 3.63) is 84.0 Å². The topological polar surface area (TPSA) is 61.9 Å². The van der Waals surface area contributed by atoms with Gasteiger partial charge in [-0.1, -0.05) is 45.2 Å². The highest BCUT2D eigenvalue weighted by molar-refractivity contribution is 5.91. The van der Waals surface area contributed by atoms with Crippen molar-refractivity contribution in [2.75, 3.05) is 11.9 Å². The van der Waals surface area contributed by atoms with E-state index in [0.29, 0.717) is 12.3 Å². The summed E-state index contributed by atoms with van der Waals surface area (Å²) in [5.74, 6) is 1.24. The van der Waals surface area contributed by atoms with Crippen molar-refractivity contribution >= 4 is 22.4 Å². The molecular weight excluding hydrogens is 406 g/mol. The van der Waals surface area contributed by atoms with E-state index < -0.39 is 0 Å². The molecule has 1 atom stereocenters. The van der Waals surface area contributed by atoms with E-state index in [1.807, 2.05) is 0 Å². The Bertz CT molecular complexity index is 1160. The first-order chi connectivity index (χ1) is 15.9. The van der Waals surface area contributed by atoms with Gasteiger partial charge < -0.3 is 16.0 Å². The largest absolute Gasteiger partial charge is 0.387 e. The van der Waals surface area contributed by atoms with E-state index in [1.165, 1.54) is 16.7 Å². The normalized spacial score (nSPS) is 17.8. The minimum Gasteiger partial charge on any atom is -0.387 e. The van der Waals surface area contributed by atoms with Crippen LogP contribution in [-0.2, 0) is 12.8 Å². The summed E-state index contributed by atoms with van der Waals surface area (Å²) in [6.45, 7) is 16.1. The highest BCUT2D eigenvalue weighted by atomic mass is 15.0. The van der Waals surface area contributed by atoms with Crippen LogP contribution >= 0.6 is 0 Å². The molecule has 2 aromatic carbocycles. The molecule has 172 valence electrons. The van der Waals surface area contributed by atoms with E-state index in [1.54, 1.807) is 6.33 Å². The fraction of sp³-hybridized carbons (Fsp3) is 0.357. The van der Waals surface area contributed by atoms with Gasteiger partial charge in [0.1, 0.15) is 12.1 Å². The zero-order valence-electron chi connectivity index (χ0n) is 20.0. The third kappa shape index (κ3) is 5.54. The summed E-state index contributed by atoms with van der Waals surface area (Å²) < 4.78 is 0. The summed E-state index contributed by atoms with van der Waals surface area (Å²) in [5.41, 5.74) is 7.68. The van der Waals surface area contributed by atoms with Gasteiger partial charge in [0.05, 0.1) is 11.6 Å². The Morgan fingerprint density at radius 1 is 1.03 bits per heavy atom. The van der Waals surface area contributed by atoms with Crippen molar-refractivity contribution in [2.24, 2.45) is 5.92 Å². The number of benzene rings is 2. The molecule has 1 aliphatic rings. The summed E-state index contributed by atoms with van der Waals surface area (Å²) in [5, 5.41) is 11.8. The van der Waals surface area contributed by atoms with Gasteiger partial charge in [-0.2, -0.15) is 0 Å². The average molecular weight is 442 g/mol. The summed E-state index contributed by atoms with van der Waals surface area (Å²) in [6.07, 6.45) is 5.57. The van der Waals surface area contributed by atoms with Gasteiger partial charge in [0.25, 0.3) is 0 Å². The van der Waals surface area contributed by atoms with Crippen molar-refractivity contribution in [1.29, 1.82) is 0 Å². The first-order valence-electron chi connectivity index (χ1n) is 11.9. The number of aromatic nitrogens is 2. The molecule has 0 aliphatic carbocycles. The molecule has 4 rings (SSSR count). The molecule has 3 N–H and O–H groups in total. The van der Waals surface area contributed by atoms with Crippen molar-refractivity contribution in [2.45, 2.75) is 52.5 Å². The smallest absolute Gasteiger partial charge is 0.141 e. The molecule has 2 heterocycles. The van der Waals surface area contributed by atoms with Crippen LogP contribution in [0.15, 0.2) is 67.3 Å². The quantitative estimate of drug-likeness (QED) is 0.446. The third-order valence-corrected chi connectivity index (χ3v) is 6.27. The van der Waals surface area contributed by atoms with Gasteiger partial charge in [0.2, 0.25) is 0 Å². The monoisotopic (exact) mass is 441 g/mol. The standard InChI is InChI=1S/C28H35N5/c1-18(2)27-21(5)29-13-7-6-8-22-10-12-25-24(16-22)28(31-17-30-25)33-26-14-19(3)9-11-23(26)15-20(4)32-27/h9-12,14,16-18,27,29,32H,4-8,13,15H2,1-3H3,(H,30,31,33)/t27-/m1/s1. The Kier molecular flexibility index (Phi) is 6.97. The summed E-state index contributed by atoms with van der Waals surface area (Å²) >= 11 is 0. The van der Waals surface area contributed by atoms with Gasteiger partial charge in [-0.05, 0) is 67.0 Å². The lowest BCUT2D eigenvalue weighted by Gasteiger charge is -2.28. The molecule has 0 fully saturated rings. The van der Waals surface area contributed by atoms with Gasteiger partial charge in [-0.15, -0.1) is 0 Å². The Morgan fingerprint density at radius 3 is 2.70 bits per heavy atom. The highest BCUT2D eigenvalue weighted by Gasteiger charge is 2.18. The van der Waals surface area contributed by atoms with Crippen molar-refractivity contribution in [1.82, 2.24) is 20.6 Å². The Morgan fingerprint density at radius 2 is 1.88 bits per heavy atom. The van der Waals surface area contributed by atoms with E-state index in [-0.39, 0.29) is 6.04 Å². The lowest BCUT2D eigenvalue weighted by molar-refractivity contribution is 0.453. The van der Waals surface area contributed by atoms with Crippen LogP contribution in [0.25, 0.3) is 10.9 Å². The van der Waals surface area contributed by atoms with Gasteiger partial charge in [0, 0.05) is 35.4 Å². The number of anilines is 2. The zero-order chi connectivity index (χ0) is 23.4. The van der Waals surface area contributed by atoms with Crippen LogP contribution in [0.4, 0.5) is 11.5 Å². The first-order valence-corrected chi connectivity index (χ1v) is 11.9. The Balaban J connectivity index is 1.73. The fourth-order valence-corrected chi connectivity index (χ4v) is 4.42. The number of hydrogen-bond donors (Lipinski definition) is 3. The molecule has 5 nitrogen and oxygen atoms in total. The van der Waals surface area contributed by atoms with E-state index in [9.17, 15) is 0 Å². The van der Waals surface area contributed by atoms with Gasteiger partial charge in [-0.3, -0.25) is 0 Å². The zero-order valence-corrected chi connectivity index (χ0v) is 20.0. The summed E-state index contributed by atoms with van der Waals surface area (Å²) in [7, 11) is 0. The molecule has 0 saturated heterocycles. The third-order valence-electron chi connectivity index (χ3n) is 6.27. The summed E-state index contributed by atoms with van der Waals surface area (Å²) in [6, 6.07) is 13.1. The van der Waals surface area contributed by atoms with Crippen LogP contribution < -0.4 is 16.0 Å². The van der Waals surface area contributed by atoms with Crippen molar-refractivity contribution in [3.63, 3.8) is 0 Å². The molecule has 0 spiro atoms. The molecule has 33 heavy (non-hydrogen) atoms. The van der Waals surface area contributed by atoms with E-state index >= 15 is 0 Å². The van der Waals surface area contributed by atoms with Crippen molar-refractivity contribution < 1.29 is 0 Å². The number of fused-ring (bicyclic) bond motifs is 2. The number of nitrogens with one attached hydrogen (secondary N) is 3. The van der Waals surface area contributed by atoms with E-state index in [4.69, 9.17) is 0 Å². The maximum atomic E-state index is 4.60. The SMILES string of the molecule is C=C1Cc2ccc(C)cc2Nc2ncnc3ccc(cc23)CCCCNC(=C)[C@@H](C(C)C)N1. The number of nitrogens with zero attached hydrogens (tertiary/aromatic N) is 2. The van der Waals surface area contributed by atoms with E-state index in [0.717, 1.165) is 59.6 Å². The fourth-order valence-electron chi connectivity index (χ4n) is 4.42. The minimum absolute atomic E-state index is 0.131. The van der Waals surface area contributed by atoms with Crippen LogP contribution in [-0.4, -0.2) is 22.6 Å². The molecule has 0 radical (unpaired) electrons. The predicted molar refractivity (Wildman–Crippen MR) is 139 cm³/mol. The first kappa shape index (κ1) is 22.8. The van der Waals surface area contributed by atoms with Crippen LogP contribution in [0.2, 0.25) is 0 Å². The number of allylic oxidation sites excluding steroid dienone is 1. The molecule has 5 heteroatoms. The highest BCUT2D eigenvalue weighted by Crippen LogP contribution is 2.28. The minimum atomic E-state index is 0.131. The molecular formula is C28H35N5. The molecule has 0 unspecified atom stereocenters.